The summed E-state index contributed by atoms with van der Waals surface area (Å²) in [7, 11) is 0. The molecule has 0 aromatic heterocycles. The Morgan fingerprint density at radius 2 is 1.86 bits per heavy atom. The number of hydrogen-bond donors (Lipinski definition) is 2. The molecule has 1 aliphatic carbocycles. The van der Waals surface area contributed by atoms with Gasteiger partial charge >= 0.3 is 6.18 Å². The van der Waals surface area contributed by atoms with Crippen molar-refractivity contribution in [1.29, 1.82) is 0 Å². The molecule has 2 rings (SSSR count). The van der Waals surface area contributed by atoms with E-state index in [1.807, 2.05) is 0 Å². The first-order valence-electron chi connectivity index (χ1n) is 7.27. The van der Waals surface area contributed by atoms with Crippen molar-refractivity contribution in [1.82, 2.24) is 0 Å². The van der Waals surface area contributed by atoms with Crippen molar-refractivity contribution in [3.8, 4) is 0 Å². The van der Waals surface area contributed by atoms with Crippen LogP contribution in [0.5, 0.6) is 0 Å². The average Bonchev–Trinajstić information content (AvgIpc) is 2.45. The molecule has 0 saturated heterocycles. The fraction of sp³-hybridized carbons (Fsp3) is 0.600. The zero-order valence-electron chi connectivity index (χ0n) is 11.9. The average molecular weight is 302 g/mol. The Morgan fingerprint density at radius 3 is 2.43 bits per heavy atom. The van der Waals surface area contributed by atoms with Gasteiger partial charge in [0, 0.05) is 24.0 Å². The van der Waals surface area contributed by atoms with Gasteiger partial charge in [0.25, 0.3) is 0 Å². The Balaban J connectivity index is 2.39. The lowest BCUT2D eigenvalue weighted by atomic mass is 9.93. The fourth-order valence-corrected chi connectivity index (χ4v) is 3.03. The van der Waals surface area contributed by atoms with Gasteiger partial charge in [-0.1, -0.05) is 19.3 Å². The van der Waals surface area contributed by atoms with Gasteiger partial charge in [-0.25, -0.2) is 0 Å². The van der Waals surface area contributed by atoms with Gasteiger partial charge in [0.15, 0.2) is 0 Å². The van der Waals surface area contributed by atoms with Gasteiger partial charge in [0.1, 0.15) is 0 Å². The lowest BCUT2D eigenvalue weighted by Gasteiger charge is -2.37. The molecule has 0 unspecified atom stereocenters. The van der Waals surface area contributed by atoms with Gasteiger partial charge in [0.2, 0.25) is 0 Å². The van der Waals surface area contributed by atoms with E-state index in [0.717, 1.165) is 38.2 Å². The van der Waals surface area contributed by atoms with Crippen molar-refractivity contribution < 1.29 is 18.3 Å². The molecular weight excluding hydrogens is 281 g/mol. The van der Waals surface area contributed by atoms with Crippen molar-refractivity contribution in [2.24, 2.45) is 0 Å². The van der Waals surface area contributed by atoms with Crippen LogP contribution in [0.1, 0.15) is 37.7 Å². The molecular formula is C15H21F3N2O. The van der Waals surface area contributed by atoms with Crippen LogP contribution in [0.2, 0.25) is 0 Å². The molecule has 0 spiro atoms. The molecule has 21 heavy (non-hydrogen) atoms. The molecule has 118 valence electrons. The first kappa shape index (κ1) is 15.9. The maximum absolute atomic E-state index is 13.3. The summed E-state index contributed by atoms with van der Waals surface area (Å²) >= 11 is 0. The van der Waals surface area contributed by atoms with Crippen molar-refractivity contribution in [3.05, 3.63) is 23.8 Å². The van der Waals surface area contributed by atoms with E-state index in [0.29, 0.717) is 0 Å². The number of alkyl halides is 3. The number of rotatable bonds is 4. The maximum Gasteiger partial charge on any atom is 0.418 e. The summed E-state index contributed by atoms with van der Waals surface area (Å²) in [6.45, 7) is 0.0375. The van der Waals surface area contributed by atoms with Crippen LogP contribution in [0.4, 0.5) is 24.5 Å². The number of aliphatic hydroxyl groups is 1. The summed E-state index contributed by atoms with van der Waals surface area (Å²) < 4.78 is 39.8. The van der Waals surface area contributed by atoms with Gasteiger partial charge in [0.05, 0.1) is 12.2 Å². The lowest BCUT2D eigenvalue weighted by molar-refractivity contribution is -0.137. The molecule has 1 aromatic rings. The Hall–Kier alpha value is -1.43. The molecule has 3 N–H and O–H groups in total. The molecule has 1 fully saturated rings. The van der Waals surface area contributed by atoms with Crippen LogP contribution < -0.4 is 10.6 Å². The van der Waals surface area contributed by atoms with Crippen LogP contribution in [0.25, 0.3) is 0 Å². The number of aliphatic hydroxyl groups excluding tert-OH is 1. The van der Waals surface area contributed by atoms with E-state index in [9.17, 15) is 18.3 Å². The van der Waals surface area contributed by atoms with Gasteiger partial charge in [-0.05, 0) is 31.0 Å². The number of nitrogens with two attached hydrogens (primary N) is 1. The Bertz CT molecular complexity index is 470. The minimum absolute atomic E-state index is 0.0515. The smallest absolute Gasteiger partial charge is 0.399 e. The summed E-state index contributed by atoms with van der Waals surface area (Å²) in [5.41, 5.74) is 5.01. The highest BCUT2D eigenvalue weighted by atomic mass is 19.4. The third-order valence-electron chi connectivity index (χ3n) is 3.99. The highest BCUT2D eigenvalue weighted by Crippen LogP contribution is 2.39. The molecule has 0 atom stereocenters. The highest BCUT2D eigenvalue weighted by Gasteiger charge is 2.36. The largest absolute Gasteiger partial charge is 0.418 e. The second kappa shape index (κ2) is 6.56. The van der Waals surface area contributed by atoms with Gasteiger partial charge in [-0.15, -0.1) is 0 Å². The summed E-state index contributed by atoms with van der Waals surface area (Å²) in [5, 5.41) is 9.23. The predicted octanol–water partition coefficient (Wildman–Crippen LogP) is 3.42. The molecule has 1 aromatic carbocycles. The van der Waals surface area contributed by atoms with E-state index in [-0.39, 0.29) is 30.6 Å². The first-order chi connectivity index (χ1) is 9.93. The van der Waals surface area contributed by atoms with Gasteiger partial charge < -0.3 is 15.7 Å². The first-order valence-corrected chi connectivity index (χ1v) is 7.27. The number of nitrogen functional groups attached to an aromatic ring is 1. The molecule has 3 nitrogen and oxygen atoms in total. The summed E-state index contributed by atoms with van der Waals surface area (Å²) in [6, 6.07) is 3.93. The molecule has 1 aliphatic rings. The predicted molar refractivity (Wildman–Crippen MR) is 77.2 cm³/mol. The minimum Gasteiger partial charge on any atom is -0.399 e. The van der Waals surface area contributed by atoms with Gasteiger partial charge in [-0.3, -0.25) is 0 Å². The number of benzene rings is 1. The van der Waals surface area contributed by atoms with E-state index in [1.54, 1.807) is 4.90 Å². The number of hydrogen-bond acceptors (Lipinski definition) is 3. The second-order valence-electron chi connectivity index (χ2n) is 5.48. The van der Waals surface area contributed by atoms with Crippen LogP contribution in [-0.4, -0.2) is 24.3 Å². The fourth-order valence-electron chi connectivity index (χ4n) is 3.03. The third-order valence-corrected chi connectivity index (χ3v) is 3.99. The van der Waals surface area contributed by atoms with E-state index < -0.39 is 11.7 Å². The van der Waals surface area contributed by atoms with Crippen LogP contribution in [0.15, 0.2) is 18.2 Å². The quantitative estimate of drug-likeness (QED) is 0.838. The zero-order valence-corrected chi connectivity index (χ0v) is 11.9. The van der Waals surface area contributed by atoms with E-state index in [4.69, 9.17) is 5.73 Å². The van der Waals surface area contributed by atoms with Crippen molar-refractivity contribution in [3.63, 3.8) is 0 Å². The topological polar surface area (TPSA) is 49.5 Å². The normalized spacial score (nSPS) is 17.0. The third kappa shape index (κ3) is 3.81. The van der Waals surface area contributed by atoms with Crippen molar-refractivity contribution >= 4 is 11.4 Å². The highest BCUT2D eigenvalue weighted by molar-refractivity contribution is 5.61. The molecule has 0 amide bonds. The van der Waals surface area contributed by atoms with E-state index in [1.165, 1.54) is 12.1 Å². The molecule has 6 heteroatoms. The zero-order chi connectivity index (χ0) is 15.5. The van der Waals surface area contributed by atoms with Crippen LogP contribution in [0.3, 0.4) is 0 Å². The van der Waals surface area contributed by atoms with E-state index >= 15 is 0 Å². The molecule has 1 saturated carbocycles. The molecule has 0 aliphatic heterocycles. The van der Waals surface area contributed by atoms with Crippen LogP contribution >= 0.6 is 0 Å². The number of nitrogens with zero attached hydrogens (tertiary/aromatic N) is 1. The molecule has 0 heterocycles. The molecule has 0 radical (unpaired) electrons. The lowest BCUT2D eigenvalue weighted by Crippen LogP contribution is -2.40. The summed E-state index contributed by atoms with van der Waals surface area (Å²) in [6.07, 6.45) is 0.430. The number of anilines is 2. The Labute approximate surface area is 122 Å². The Kier molecular flexibility index (Phi) is 4.98. The van der Waals surface area contributed by atoms with E-state index in [2.05, 4.69) is 0 Å². The van der Waals surface area contributed by atoms with Crippen LogP contribution in [-0.2, 0) is 6.18 Å². The van der Waals surface area contributed by atoms with Crippen molar-refractivity contribution in [2.75, 3.05) is 23.8 Å². The standard InChI is InChI=1S/C15H21F3N2O/c16-15(17,18)13-10-11(19)6-7-14(13)20(8-9-21)12-4-2-1-3-5-12/h6-7,10,12,21H,1-5,8-9,19H2. The van der Waals surface area contributed by atoms with Gasteiger partial charge in [-0.2, -0.15) is 13.2 Å². The molecule has 0 bridgehead atoms. The minimum atomic E-state index is -4.45. The monoisotopic (exact) mass is 302 g/mol. The Morgan fingerprint density at radius 1 is 1.19 bits per heavy atom. The maximum atomic E-state index is 13.3. The van der Waals surface area contributed by atoms with Crippen LogP contribution in [0, 0.1) is 0 Å². The summed E-state index contributed by atoms with van der Waals surface area (Å²) in [4.78, 5) is 1.70. The van der Waals surface area contributed by atoms with Crippen molar-refractivity contribution in [2.45, 2.75) is 44.3 Å². The summed E-state index contributed by atoms with van der Waals surface area (Å²) in [5.74, 6) is 0. The number of halogens is 3. The SMILES string of the molecule is Nc1ccc(N(CCO)C2CCCCC2)c(C(F)(F)F)c1. The second-order valence-corrected chi connectivity index (χ2v) is 5.48.